The van der Waals surface area contributed by atoms with Gasteiger partial charge in [0.15, 0.2) is 0 Å². The van der Waals surface area contributed by atoms with Crippen LogP contribution in [0.3, 0.4) is 0 Å². The van der Waals surface area contributed by atoms with Crippen molar-refractivity contribution in [2.24, 2.45) is 0 Å². The predicted octanol–water partition coefficient (Wildman–Crippen LogP) is 0.792. The Morgan fingerprint density at radius 2 is 2.22 bits per heavy atom. The van der Waals surface area contributed by atoms with Crippen LogP contribution in [0.25, 0.3) is 10.8 Å². The third-order valence-corrected chi connectivity index (χ3v) is 3.94. The van der Waals surface area contributed by atoms with E-state index < -0.39 is 0 Å². The largest absolute Gasteiger partial charge is 0.444 e. The van der Waals surface area contributed by atoms with Gasteiger partial charge in [-0.15, -0.1) is 0 Å². The van der Waals surface area contributed by atoms with E-state index in [1.165, 1.54) is 0 Å². The van der Waals surface area contributed by atoms with E-state index in [2.05, 4.69) is 15.5 Å². The van der Waals surface area contributed by atoms with Crippen LogP contribution in [0.1, 0.15) is 18.4 Å². The van der Waals surface area contributed by atoms with Crippen LogP contribution in [0.15, 0.2) is 9.21 Å². The van der Waals surface area contributed by atoms with E-state index in [1.54, 1.807) is 13.8 Å². The van der Waals surface area contributed by atoms with Crippen molar-refractivity contribution < 1.29 is 13.9 Å². The molecule has 0 spiro atoms. The number of nitrogens with one attached hydrogen (secondary N) is 2. The number of hydrogen-bond donors (Lipinski definition) is 2. The van der Waals surface area contributed by atoms with E-state index in [9.17, 15) is 9.59 Å². The summed E-state index contributed by atoms with van der Waals surface area (Å²) in [6.45, 7) is 7.76. The Morgan fingerprint density at radius 1 is 1.43 bits per heavy atom. The van der Waals surface area contributed by atoms with Gasteiger partial charge in [0.25, 0.3) is 5.56 Å². The molecule has 1 amide bonds. The lowest BCUT2D eigenvalue weighted by Crippen LogP contribution is -2.44. The second-order valence-corrected chi connectivity index (χ2v) is 5.84. The Labute approximate surface area is 132 Å². The fraction of sp³-hybridized carbons (Fsp3) is 0.533. The maximum Gasteiger partial charge on any atom is 0.277 e. The number of rotatable bonds is 3. The van der Waals surface area contributed by atoms with Gasteiger partial charge in [-0.3, -0.25) is 19.8 Å². The molecule has 0 saturated carbocycles. The van der Waals surface area contributed by atoms with Crippen molar-refractivity contribution in [3.05, 3.63) is 21.8 Å². The van der Waals surface area contributed by atoms with E-state index in [0.29, 0.717) is 41.9 Å². The Kier molecular flexibility index (Phi) is 4.18. The zero-order valence-corrected chi connectivity index (χ0v) is 13.4. The van der Waals surface area contributed by atoms with Crippen molar-refractivity contribution in [2.45, 2.75) is 26.9 Å². The third-order valence-electron chi connectivity index (χ3n) is 3.94. The lowest BCUT2D eigenvalue weighted by Gasteiger charge is -2.30. The Morgan fingerprint density at radius 3 is 2.96 bits per heavy atom. The third kappa shape index (κ3) is 3.13. The van der Waals surface area contributed by atoms with Gasteiger partial charge in [-0.2, -0.15) is 5.10 Å². The first-order valence-electron chi connectivity index (χ1n) is 7.58. The van der Waals surface area contributed by atoms with Crippen molar-refractivity contribution in [3.63, 3.8) is 0 Å². The highest BCUT2D eigenvalue weighted by molar-refractivity contribution is 6.01. The summed E-state index contributed by atoms with van der Waals surface area (Å²) in [5.41, 5.74) is 0.279. The summed E-state index contributed by atoms with van der Waals surface area (Å²) < 4.78 is 11.0. The van der Waals surface area contributed by atoms with Gasteiger partial charge in [-0.1, -0.05) is 0 Å². The second kappa shape index (κ2) is 6.13. The molecule has 8 heteroatoms. The van der Waals surface area contributed by atoms with Crippen LogP contribution in [0.2, 0.25) is 0 Å². The molecule has 1 aliphatic rings. The Hall–Kier alpha value is -2.19. The van der Waals surface area contributed by atoms with Crippen LogP contribution in [0, 0.1) is 13.8 Å². The van der Waals surface area contributed by atoms with Crippen molar-refractivity contribution in [1.82, 2.24) is 15.1 Å². The van der Waals surface area contributed by atoms with E-state index in [-0.39, 0.29) is 30.0 Å². The van der Waals surface area contributed by atoms with Crippen LogP contribution in [-0.2, 0) is 9.53 Å². The van der Waals surface area contributed by atoms with Crippen LogP contribution in [0.5, 0.6) is 0 Å². The summed E-state index contributed by atoms with van der Waals surface area (Å²) in [4.78, 5) is 26.3. The van der Waals surface area contributed by atoms with Crippen molar-refractivity contribution in [2.75, 3.05) is 31.6 Å². The molecular weight excluding hydrogens is 300 g/mol. The number of nitrogens with zero attached hydrogens (tertiary/aromatic N) is 2. The molecule has 3 heterocycles. The zero-order valence-electron chi connectivity index (χ0n) is 13.4. The van der Waals surface area contributed by atoms with E-state index in [4.69, 9.17) is 9.15 Å². The van der Waals surface area contributed by atoms with Crippen LogP contribution < -0.4 is 10.9 Å². The maximum absolute atomic E-state index is 12.3. The molecule has 23 heavy (non-hydrogen) atoms. The van der Waals surface area contributed by atoms with Gasteiger partial charge in [0.2, 0.25) is 11.8 Å². The number of H-pyrrole nitrogens is 1. The molecular formula is C15H20N4O4. The Bertz CT molecular complexity index is 795. The number of aryl methyl sites for hydroxylation is 2. The number of anilines is 1. The van der Waals surface area contributed by atoms with E-state index in [1.807, 2.05) is 11.8 Å². The molecule has 2 N–H and O–H groups in total. The number of morpholine rings is 1. The zero-order chi connectivity index (χ0) is 16.6. The van der Waals surface area contributed by atoms with Crippen molar-refractivity contribution in [1.29, 1.82) is 0 Å². The number of fused-ring (bicyclic) bond motifs is 1. The highest BCUT2D eigenvalue weighted by Crippen LogP contribution is 2.28. The van der Waals surface area contributed by atoms with E-state index >= 15 is 0 Å². The molecule has 0 unspecified atom stereocenters. The number of aromatic amines is 1. The lowest BCUT2D eigenvalue weighted by molar-refractivity contribution is -0.119. The molecule has 0 aromatic carbocycles. The smallest absolute Gasteiger partial charge is 0.277 e. The molecule has 8 nitrogen and oxygen atoms in total. The minimum atomic E-state index is -0.377. The number of ether oxygens (including phenoxy) is 1. The minimum absolute atomic E-state index is 0.111. The molecule has 2 aromatic rings. The summed E-state index contributed by atoms with van der Waals surface area (Å²) in [6.07, 6.45) is 0.111. The average Bonchev–Trinajstić information content (AvgIpc) is 2.80. The fourth-order valence-corrected chi connectivity index (χ4v) is 2.93. The van der Waals surface area contributed by atoms with Gasteiger partial charge in [0.05, 0.1) is 30.3 Å². The highest BCUT2D eigenvalue weighted by atomic mass is 16.5. The van der Waals surface area contributed by atoms with E-state index in [0.717, 1.165) is 0 Å². The first-order valence-corrected chi connectivity index (χ1v) is 7.58. The lowest BCUT2D eigenvalue weighted by atomic mass is 10.2. The van der Waals surface area contributed by atoms with Crippen molar-refractivity contribution >= 4 is 22.6 Å². The summed E-state index contributed by atoms with van der Waals surface area (Å²) >= 11 is 0. The molecule has 0 radical (unpaired) electrons. The van der Waals surface area contributed by atoms with Crippen LogP contribution in [-0.4, -0.2) is 53.3 Å². The molecule has 1 saturated heterocycles. The number of hydrogen-bond acceptors (Lipinski definition) is 6. The van der Waals surface area contributed by atoms with Gasteiger partial charge >= 0.3 is 0 Å². The van der Waals surface area contributed by atoms with Crippen LogP contribution in [0.4, 0.5) is 5.88 Å². The van der Waals surface area contributed by atoms with Gasteiger partial charge in [-0.25, -0.2) is 5.10 Å². The fourth-order valence-electron chi connectivity index (χ4n) is 2.93. The molecule has 1 atom stereocenters. The molecule has 3 rings (SSSR count). The number of carbonyl (C=O) groups excluding carboxylic acids is 1. The summed E-state index contributed by atoms with van der Waals surface area (Å²) in [5.74, 6) is 0.519. The van der Waals surface area contributed by atoms with Crippen molar-refractivity contribution in [3.8, 4) is 0 Å². The summed E-state index contributed by atoms with van der Waals surface area (Å²) in [6, 6.07) is 0. The quantitative estimate of drug-likeness (QED) is 0.867. The highest BCUT2D eigenvalue weighted by Gasteiger charge is 2.22. The summed E-state index contributed by atoms with van der Waals surface area (Å²) in [7, 11) is 0. The predicted molar refractivity (Wildman–Crippen MR) is 84.6 cm³/mol. The SMILES string of the molecule is Cc1n[nH]c(=O)c2c(NC(=O)CN3CCO[C@H](C)C3)oc(C)c12. The number of carbonyl (C=O) groups is 1. The molecule has 1 aliphatic heterocycles. The molecule has 0 bridgehead atoms. The molecule has 2 aromatic heterocycles. The van der Waals surface area contributed by atoms with Gasteiger partial charge in [0.1, 0.15) is 11.1 Å². The molecule has 0 aliphatic carbocycles. The summed E-state index contributed by atoms with van der Waals surface area (Å²) in [5, 5.41) is 10.0. The monoisotopic (exact) mass is 320 g/mol. The van der Waals surface area contributed by atoms with Crippen LogP contribution >= 0.6 is 0 Å². The minimum Gasteiger partial charge on any atom is -0.444 e. The normalized spacial score (nSPS) is 19.2. The van der Waals surface area contributed by atoms with Gasteiger partial charge in [0, 0.05) is 13.1 Å². The molecule has 124 valence electrons. The van der Waals surface area contributed by atoms with Gasteiger partial charge in [-0.05, 0) is 20.8 Å². The Balaban J connectivity index is 1.80. The number of amides is 1. The molecule has 1 fully saturated rings. The second-order valence-electron chi connectivity index (χ2n) is 5.84. The van der Waals surface area contributed by atoms with Gasteiger partial charge < -0.3 is 9.15 Å². The maximum atomic E-state index is 12.3. The number of furan rings is 1. The standard InChI is InChI=1S/C15H20N4O4/c1-8-6-19(4-5-22-8)7-11(20)16-15-13-12(10(3)23-15)9(2)17-18-14(13)21/h8H,4-7H2,1-3H3,(H,16,20)(H,18,21)/t8-/m1/s1. The number of aromatic nitrogens is 2. The average molecular weight is 320 g/mol. The first-order chi connectivity index (χ1) is 11.0. The topological polar surface area (TPSA) is 100 Å². The first kappa shape index (κ1) is 15.7.